The second kappa shape index (κ2) is 5.65. The average Bonchev–Trinajstić information content (AvgIpc) is 2.94. The summed E-state index contributed by atoms with van der Waals surface area (Å²) < 4.78 is 5.43. The minimum atomic E-state index is 0.211. The van der Waals surface area contributed by atoms with Gasteiger partial charge in [0.15, 0.2) is 5.82 Å². The van der Waals surface area contributed by atoms with E-state index in [2.05, 4.69) is 19.9 Å². The fourth-order valence-electron chi connectivity index (χ4n) is 4.08. The Hall–Kier alpha value is -1.43. The number of hydrogen-bond donors (Lipinski definition) is 0. The van der Waals surface area contributed by atoms with Crippen molar-refractivity contribution in [3.63, 3.8) is 0 Å². The van der Waals surface area contributed by atoms with Gasteiger partial charge in [0.05, 0.1) is 6.54 Å². The normalized spacial score (nSPS) is 29.4. The van der Waals surface area contributed by atoms with E-state index in [1.54, 1.807) is 6.92 Å². The Balaban J connectivity index is 1.44. The van der Waals surface area contributed by atoms with Gasteiger partial charge in [-0.2, -0.15) is 4.98 Å². The number of amides is 1. The lowest BCUT2D eigenvalue weighted by Gasteiger charge is -2.33. The highest BCUT2D eigenvalue weighted by molar-refractivity contribution is 5.74. The highest BCUT2D eigenvalue weighted by Gasteiger charge is 2.39. The van der Waals surface area contributed by atoms with Gasteiger partial charge in [-0.05, 0) is 45.1 Å². The lowest BCUT2D eigenvalue weighted by atomic mass is 10.0. The van der Waals surface area contributed by atoms with Gasteiger partial charge in [0.25, 0.3) is 0 Å². The van der Waals surface area contributed by atoms with Crippen LogP contribution >= 0.6 is 0 Å². The van der Waals surface area contributed by atoms with Crippen LogP contribution in [-0.4, -0.2) is 51.0 Å². The van der Waals surface area contributed by atoms with Crippen LogP contribution in [0.2, 0.25) is 0 Å². The molecule has 1 aliphatic carbocycles. The molecule has 2 atom stereocenters. The molecule has 1 aromatic heterocycles. The number of rotatable bonds is 4. The second-order valence-corrected chi connectivity index (χ2v) is 6.92. The molecular formula is C16H24N4O2. The fraction of sp³-hybridized carbons (Fsp3) is 0.812. The molecule has 0 N–H and O–H groups in total. The summed E-state index contributed by atoms with van der Waals surface area (Å²) in [7, 11) is 0. The molecule has 0 unspecified atom stereocenters. The summed E-state index contributed by atoms with van der Waals surface area (Å²) in [6.07, 6.45) is 7.00. The Morgan fingerprint density at radius 2 is 1.95 bits per heavy atom. The standard InChI is InChI=1S/C16H24N4O2/c1-11(21)20-9-3-5-14(20)13-4-2-8-19(13)10-15-17-16(18-22-15)12-6-7-12/h12-14H,2-10H2,1H3/t13-,14+/m0/s1. The smallest absolute Gasteiger partial charge is 0.240 e. The Bertz CT molecular complexity index is 554. The molecule has 0 radical (unpaired) electrons. The number of hydrogen-bond acceptors (Lipinski definition) is 5. The zero-order valence-electron chi connectivity index (χ0n) is 13.2. The molecule has 1 amide bonds. The van der Waals surface area contributed by atoms with E-state index in [9.17, 15) is 4.79 Å². The van der Waals surface area contributed by atoms with Crippen LogP contribution in [0.3, 0.4) is 0 Å². The molecule has 3 aliphatic rings. The lowest BCUT2D eigenvalue weighted by molar-refractivity contribution is -0.130. The van der Waals surface area contributed by atoms with Crippen molar-refractivity contribution >= 4 is 5.91 Å². The van der Waals surface area contributed by atoms with E-state index < -0.39 is 0 Å². The monoisotopic (exact) mass is 304 g/mol. The van der Waals surface area contributed by atoms with Crippen molar-refractivity contribution in [1.82, 2.24) is 19.9 Å². The fourth-order valence-corrected chi connectivity index (χ4v) is 4.08. The minimum absolute atomic E-state index is 0.211. The van der Waals surface area contributed by atoms with Crippen LogP contribution in [-0.2, 0) is 11.3 Å². The van der Waals surface area contributed by atoms with E-state index in [0.717, 1.165) is 50.6 Å². The summed E-state index contributed by atoms with van der Waals surface area (Å²) in [6.45, 7) is 4.40. The molecule has 22 heavy (non-hydrogen) atoms. The molecule has 6 nitrogen and oxygen atoms in total. The van der Waals surface area contributed by atoms with Crippen molar-refractivity contribution in [2.24, 2.45) is 0 Å². The largest absolute Gasteiger partial charge is 0.338 e. The first-order valence-electron chi connectivity index (χ1n) is 8.56. The molecule has 3 heterocycles. The van der Waals surface area contributed by atoms with Gasteiger partial charge in [0, 0.05) is 31.5 Å². The predicted octanol–water partition coefficient (Wildman–Crippen LogP) is 1.92. The van der Waals surface area contributed by atoms with Crippen LogP contribution in [0.5, 0.6) is 0 Å². The molecule has 4 rings (SSSR count). The number of nitrogens with zero attached hydrogens (tertiary/aromatic N) is 4. The van der Waals surface area contributed by atoms with Crippen molar-refractivity contribution < 1.29 is 9.32 Å². The quantitative estimate of drug-likeness (QED) is 0.850. The first-order valence-corrected chi connectivity index (χ1v) is 8.56. The van der Waals surface area contributed by atoms with Gasteiger partial charge >= 0.3 is 0 Å². The molecule has 0 spiro atoms. The van der Waals surface area contributed by atoms with E-state index in [0.29, 0.717) is 18.0 Å². The zero-order valence-corrected chi connectivity index (χ0v) is 13.2. The summed E-state index contributed by atoms with van der Waals surface area (Å²) in [5.74, 6) is 2.37. The summed E-state index contributed by atoms with van der Waals surface area (Å²) in [4.78, 5) is 20.9. The third-order valence-corrected chi connectivity index (χ3v) is 5.33. The molecule has 1 saturated carbocycles. The molecule has 1 aromatic rings. The van der Waals surface area contributed by atoms with Gasteiger partial charge in [-0.15, -0.1) is 0 Å². The van der Waals surface area contributed by atoms with Crippen LogP contribution in [0.4, 0.5) is 0 Å². The molecular weight excluding hydrogens is 280 g/mol. The van der Waals surface area contributed by atoms with E-state index >= 15 is 0 Å². The number of carbonyl (C=O) groups is 1. The van der Waals surface area contributed by atoms with E-state index in [1.807, 2.05) is 0 Å². The maximum atomic E-state index is 11.8. The first kappa shape index (κ1) is 14.2. The second-order valence-electron chi connectivity index (χ2n) is 6.92. The van der Waals surface area contributed by atoms with Gasteiger partial charge in [0.2, 0.25) is 11.8 Å². The number of likely N-dealkylation sites (tertiary alicyclic amines) is 2. The minimum Gasteiger partial charge on any atom is -0.338 e. The van der Waals surface area contributed by atoms with Crippen LogP contribution in [0.1, 0.15) is 63.1 Å². The van der Waals surface area contributed by atoms with Crippen LogP contribution in [0, 0.1) is 0 Å². The topological polar surface area (TPSA) is 62.5 Å². The highest BCUT2D eigenvalue weighted by atomic mass is 16.5. The third kappa shape index (κ3) is 2.64. The molecule has 0 aromatic carbocycles. The molecule has 2 aliphatic heterocycles. The number of aromatic nitrogens is 2. The molecule has 3 fully saturated rings. The maximum absolute atomic E-state index is 11.8. The molecule has 6 heteroatoms. The van der Waals surface area contributed by atoms with E-state index in [1.165, 1.54) is 19.3 Å². The Morgan fingerprint density at radius 1 is 1.18 bits per heavy atom. The summed E-state index contributed by atoms with van der Waals surface area (Å²) >= 11 is 0. The average molecular weight is 304 g/mol. The highest BCUT2D eigenvalue weighted by Crippen LogP contribution is 2.38. The lowest BCUT2D eigenvalue weighted by Crippen LogP contribution is -2.47. The maximum Gasteiger partial charge on any atom is 0.240 e. The SMILES string of the molecule is CC(=O)N1CCC[C@@H]1[C@@H]1CCCN1Cc1nc(C2CC2)no1. The van der Waals surface area contributed by atoms with Crippen molar-refractivity contribution in [2.75, 3.05) is 13.1 Å². The van der Waals surface area contributed by atoms with Crippen LogP contribution in [0.25, 0.3) is 0 Å². The first-order chi connectivity index (χ1) is 10.7. The Kier molecular flexibility index (Phi) is 3.64. The van der Waals surface area contributed by atoms with E-state index in [-0.39, 0.29) is 5.91 Å². The summed E-state index contributed by atoms with van der Waals surface area (Å²) in [5, 5.41) is 4.11. The summed E-state index contributed by atoms with van der Waals surface area (Å²) in [5.41, 5.74) is 0. The molecule has 0 bridgehead atoms. The van der Waals surface area contributed by atoms with Crippen molar-refractivity contribution in [3.8, 4) is 0 Å². The van der Waals surface area contributed by atoms with Gasteiger partial charge < -0.3 is 9.42 Å². The summed E-state index contributed by atoms with van der Waals surface area (Å²) in [6, 6.07) is 0.813. The van der Waals surface area contributed by atoms with Crippen LogP contribution < -0.4 is 0 Å². The Labute approximate surface area is 130 Å². The van der Waals surface area contributed by atoms with Crippen molar-refractivity contribution in [3.05, 3.63) is 11.7 Å². The van der Waals surface area contributed by atoms with Crippen molar-refractivity contribution in [1.29, 1.82) is 0 Å². The van der Waals surface area contributed by atoms with Crippen molar-refractivity contribution in [2.45, 2.75) is 70.0 Å². The zero-order chi connectivity index (χ0) is 15.1. The Morgan fingerprint density at radius 3 is 2.73 bits per heavy atom. The number of carbonyl (C=O) groups excluding carboxylic acids is 1. The molecule has 2 saturated heterocycles. The van der Waals surface area contributed by atoms with Gasteiger partial charge in [-0.3, -0.25) is 9.69 Å². The predicted molar refractivity (Wildman–Crippen MR) is 80.1 cm³/mol. The van der Waals surface area contributed by atoms with Gasteiger partial charge in [-0.25, -0.2) is 0 Å². The van der Waals surface area contributed by atoms with Crippen LogP contribution in [0.15, 0.2) is 4.52 Å². The van der Waals surface area contributed by atoms with Gasteiger partial charge in [0.1, 0.15) is 0 Å². The van der Waals surface area contributed by atoms with Gasteiger partial charge in [-0.1, -0.05) is 5.16 Å². The third-order valence-electron chi connectivity index (χ3n) is 5.33. The van der Waals surface area contributed by atoms with E-state index in [4.69, 9.17) is 4.52 Å². The molecule has 120 valence electrons.